The quantitative estimate of drug-likeness (QED) is 0.804. The molecular weight excluding hydrogens is 347 g/mol. The van der Waals surface area contributed by atoms with Gasteiger partial charge in [-0.25, -0.2) is 0 Å². The Morgan fingerprint density at radius 1 is 1.23 bits per heavy atom. The number of carbonyl (C=O) groups is 2. The molecule has 1 N–H and O–H groups in total. The van der Waals surface area contributed by atoms with Gasteiger partial charge in [-0.2, -0.15) is 13.2 Å². The molecule has 0 aliphatic carbocycles. The Labute approximate surface area is 151 Å². The minimum Gasteiger partial charge on any atom is -0.481 e. The number of carboxylic acids is 1. The summed E-state index contributed by atoms with van der Waals surface area (Å²) in [6.07, 6.45) is -1.03. The second-order valence-corrected chi connectivity index (χ2v) is 6.89. The first-order valence-corrected chi connectivity index (χ1v) is 8.87. The Balaban J connectivity index is 1.99. The van der Waals surface area contributed by atoms with Crippen molar-refractivity contribution in [2.75, 3.05) is 6.54 Å². The van der Waals surface area contributed by atoms with Crippen molar-refractivity contribution in [3.8, 4) is 0 Å². The maximum absolute atomic E-state index is 12.7. The van der Waals surface area contributed by atoms with Crippen molar-refractivity contribution >= 4 is 11.9 Å². The van der Waals surface area contributed by atoms with E-state index < -0.39 is 17.7 Å². The number of hydrogen-bond donors (Lipinski definition) is 1. The van der Waals surface area contributed by atoms with E-state index in [-0.39, 0.29) is 30.7 Å². The second-order valence-electron chi connectivity index (χ2n) is 6.89. The summed E-state index contributed by atoms with van der Waals surface area (Å²) in [5, 5.41) is 8.86. The van der Waals surface area contributed by atoms with Gasteiger partial charge >= 0.3 is 12.1 Å². The van der Waals surface area contributed by atoms with Crippen molar-refractivity contribution < 1.29 is 27.9 Å². The van der Waals surface area contributed by atoms with Crippen LogP contribution in [-0.4, -0.2) is 34.5 Å². The third-order valence-corrected chi connectivity index (χ3v) is 4.93. The molecule has 144 valence electrons. The van der Waals surface area contributed by atoms with Crippen molar-refractivity contribution in [2.45, 2.75) is 63.6 Å². The molecule has 26 heavy (non-hydrogen) atoms. The lowest BCUT2D eigenvalue weighted by molar-refractivity contribution is -0.140. The van der Waals surface area contributed by atoms with Crippen LogP contribution < -0.4 is 0 Å². The Morgan fingerprint density at radius 2 is 1.88 bits per heavy atom. The van der Waals surface area contributed by atoms with Crippen LogP contribution in [0, 0.1) is 0 Å². The van der Waals surface area contributed by atoms with Crippen LogP contribution in [-0.2, 0) is 15.8 Å². The zero-order valence-corrected chi connectivity index (χ0v) is 14.8. The Bertz CT molecular complexity index is 628. The van der Waals surface area contributed by atoms with Crippen molar-refractivity contribution in [3.63, 3.8) is 0 Å². The number of likely N-dealkylation sites (tertiary alicyclic amines) is 1. The normalized spacial score (nSPS) is 19.2. The smallest absolute Gasteiger partial charge is 0.416 e. The molecule has 0 radical (unpaired) electrons. The number of hydrogen-bond acceptors (Lipinski definition) is 2. The number of piperidine rings is 1. The summed E-state index contributed by atoms with van der Waals surface area (Å²) in [6, 6.07) is 4.84. The van der Waals surface area contributed by atoms with Crippen LogP contribution in [0.15, 0.2) is 24.3 Å². The molecule has 1 amide bonds. The van der Waals surface area contributed by atoms with Crippen LogP contribution in [0.2, 0.25) is 0 Å². The molecule has 1 saturated heterocycles. The van der Waals surface area contributed by atoms with E-state index in [0.29, 0.717) is 18.5 Å². The van der Waals surface area contributed by atoms with Gasteiger partial charge in [0, 0.05) is 25.4 Å². The summed E-state index contributed by atoms with van der Waals surface area (Å²) in [6.45, 7) is 2.43. The van der Waals surface area contributed by atoms with Gasteiger partial charge in [0.05, 0.1) is 5.56 Å². The molecule has 0 saturated carbocycles. The molecule has 1 heterocycles. The molecule has 1 aliphatic heterocycles. The van der Waals surface area contributed by atoms with Gasteiger partial charge < -0.3 is 10.0 Å². The van der Waals surface area contributed by atoms with Gasteiger partial charge in [-0.05, 0) is 49.3 Å². The maximum Gasteiger partial charge on any atom is 0.416 e. The summed E-state index contributed by atoms with van der Waals surface area (Å²) in [5.74, 6) is -1.14. The predicted molar refractivity (Wildman–Crippen MR) is 90.7 cm³/mol. The highest BCUT2D eigenvalue weighted by Gasteiger charge is 2.31. The van der Waals surface area contributed by atoms with E-state index in [1.165, 1.54) is 12.1 Å². The van der Waals surface area contributed by atoms with Crippen LogP contribution in [0.1, 0.15) is 62.5 Å². The van der Waals surface area contributed by atoms with E-state index in [1.54, 1.807) is 4.90 Å². The molecular formula is C19H24F3NO3. The highest BCUT2D eigenvalue weighted by molar-refractivity contribution is 5.77. The maximum atomic E-state index is 12.7. The molecule has 1 aromatic rings. The first-order chi connectivity index (χ1) is 12.2. The topological polar surface area (TPSA) is 57.6 Å². The molecule has 0 bridgehead atoms. The van der Waals surface area contributed by atoms with E-state index in [4.69, 9.17) is 5.11 Å². The average Bonchev–Trinajstić information content (AvgIpc) is 2.59. The van der Waals surface area contributed by atoms with Gasteiger partial charge in [-0.15, -0.1) is 0 Å². The lowest BCUT2D eigenvalue weighted by Gasteiger charge is -2.36. The fourth-order valence-corrected chi connectivity index (χ4v) is 3.42. The van der Waals surface area contributed by atoms with Crippen molar-refractivity contribution in [3.05, 3.63) is 35.4 Å². The number of nitrogens with zero attached hydrogens (tertiary/aromatic N) is 1. The zero-order chi connectivity index (χ0) is 19.3. The second kappa shape index (κ2) is 8.56. The van der Waals surface area contributed by atoms with E-state index in [0.717, 1.165) is 31.4 Å². The van der Waals surface area contributed by atoms with Crippen LogP contribution in [0.3, 0.4) is 0 Å². The fraction of sp³-hybridized carbons (Fsp3) is 0.579. The van der Waals surface area contributed by atoms with Crippen LogP contribution >= 0.6 is 0 Å². The number of alkyl halides is 3. The summed E-state index contributed by atoms with van der Waals surface area (Å²) in [4.78, 5) is 25.2. The lowest BCUT2D eigenvalue weighted by atomic mass is 9.93. The molecule has 7 heteroatoms. The first kappa shape index (κ1) is 20.3. The number of carboxylic acid groups (broad SMARTS) is 1. The number of benzene rings is 1. The molecule has 0 aromatic heterocycles. The third-order valence-electron chi connectivity index (χ3n) is 4.93. The SMILES string of the molecule is CC(CC(=O)N1CCCCC1CCC(=O)O)c1ccc(C(F)(F)F)cc1. The van der Waals surface area contributed by atoms with Gasteiger partial charge in [0.25, 0.3) is 0 Å². The Morgan fingerprint density at radius 3 is 2.46 bits per heavy atom. The number of rotatable bonds is 6. The van der Waals surface area contributed by atoms with Crippen molar-refractivity contribution in [1.29, 1.82) is 0 Å². The summed E-state index contributed by atoms with van der Waals surface area (Å²) in [5.41, 5.74) is -0.0185. The van der Waals surface area contributed by atoms with E-state index in [2.05, 4.69) is 0 Å². The fourth-order valence-electron chi connectivity index (χ4n) is 3.42. The molecule has 1 fully saturated rings. The van der Waals surface area contributed by atoms with Gasteiger partial charge in [0.2, 0.25) is 5.91 Å². The molecule has 4 nitrogen and oxygen atoms in total. The Hall–Kier alpha value is -2.05. The minimum absolute atomic E-state index is 0.0307. The molecule has 0 spiro atoms. The summed E-state index contributed by atoms with van der Waals surface area (Å²) in [7, 11) is 0. The van der Waals surface area contributed by atoms with Gasteiger partial charge in [-0.1, -0.05) is 19.1 Å². The predicted octanol–water partition coefficient (Wildman–Crippen LogP) is 4.44. The zero-order valence-electron chi connectivity index (χ0n) is 14.8. The number of aliphatic carboxylic acids is 1. The third kappa shape index (κ3) is 5.47. The number of amides is 1. The van der Waals surface area contributed by atoms with E-state index >= 15 is 0 Å². The van der Waals surface area contributed by atoms with Crippen LogP contribution in [0.5, 0.6) is 0 Å². The number of halogens is 3. The van der Waals surface area contributed by atoms with Crippen LogP contribution in [0.25, 0.3) is 0 Å². The van der Waals surface area contributed by atoms with Gasteiger partial charge in [0.1, 0.15) is 0 Å². The summed E-state index contributed by atoms with van der Waals surface area (Å²) >= 11 is 0. The molecule has 1 aromatic carbocycles. The van der Waals surface area contributed by atoms with Gasteiger partial charge in [0.15, 0.2) is 0 Å². The average molecular weight is 371 g/mol. The molecule has 2 unspecified atom stereocenters. The molecule has 2 rings (SSSR count). The van der Waals surface area contributed by atoms with Crippen LogP contribution in [0.4, 0.5) is 13.2 Å². The minimum atomic E-state index is -4.37. The van der Waals surface area contributed by atoms with E-state index in [9.17, 15) is 22.8 Å². The molecule has 2 atom stereocenters. The largest absolute Gasteiger partial charge is 0.481 e. The summed E-state index contributed by atoms with van der Waals surface area (Å²) < 4.78 is 37.9. The Kier molecular flexibility index (Phi) is 6.67. The van der Waals surface area contributed by atoms with Gasteiger partial charge in [-0.3, -0.25) is 9.59 Å². The number of carbonyl (C=O) groups excluding carboxylic acids is 1. The van der Waals surface area contributed by atoms with Crippen molar-refractivity contribution in [2.24, 2.45) is 0 Å². The highest BCUT2D eigenvalue weighted by atomic mass is 19.4. The van der Waals surface area contributed by atoms with E-state index in [1.807, 2.05) is 6.92 Å². The lowest BCUT2D eigenvalue weighted by Crippen LogP contribution is -2.44. The molecule has 1 aliphatic rings. The van der Waals surface area contributed by atoms with Crippen molar-refractivity contribution in [1.82, 2.24) is 4.90 Å². The monoisotopic (exact) mass is 371 g/mol. The first-order valence-electron chi connectivity index (χ1n) is 8.87. The highest BCUT2D eigenvalue weighted by Crippen LogP contribution is 2.31. The standard InChI is InChI=1S/C19H24F3NO3/c1-13(14-5-7-15(8-6-14)19(20,21)22)12-17(24)23-11-3-2-4-16(23)9-10-18(25)26/h5-8,13,16H,2-4,9-12H2,1H3,(H,25,26).